The Morgan fingerprint density at radius 3 is 2.24 bits per heavy atom. The van der Waals surface area contributed by atoms with Crippen LogP contribution in [0.1, 0.15) is 40.7 Å². The van der Waals surface area contributed by atoms with Crippen LogP contribution in [0.3, 0.4) is 0 Å². The number of aryl methyl sites for hydroxylation is 2. The Morgan fingerprint density at radius 2 is 1.60 bits per heavy atom. The summed E-state index contributed by atoms with van der Waals surface area (Å²) in [5.41, 5.74) is 3.22. The van der Waals surface area contributed by atoms with Gasteiger partial charge in [-0.2, -0.15) is 0 Å². The third-order valence-electron chi connectivity index (χ3n) is 5.02. The van der Waals surface area contributed by atoms with Gasteiger partial charge in [-0.15, -0.1) is 0 Å². The maximum absolute atomic E-state index is 12.5. The van der Waals surface area contributed by atoms with E-state index < -0.39 is 0 Å². The van der Waals surface area contributed by atoms with Crippen molar-refractivity contribution in [1.29, 1.82) is 0 Å². The number of nitrogens with zero attached hydrogens (tertiary/aromatic N) is 1. The van der Waals surface area contributed by atoms with Crippen LogP contribution in [-0.4, -0.2) is 29.7 Å². The lowest BCUT2D eigenvalue weighted by molar-refractivity contribution is -0.132. The van der Waals surface area contributed by atoms with E-state index in [1.807, 2.05) is 35.2 Å². The average Bonchev–Trinajstić information content (AvgIpc) is 2.67. The van der Waals surface area contributed by atoms with Gasteiger partial charge in [0.2, 0.25) is 5.91 Å². The van der Waals surface area contributed by atoms with Gasteiger partial charge in [0.1, 0.15) is 0 Å². The first kappa shape index (κ1) is 17.4. The molecule has 3 rings (SSSR count). The molecule has 0 radical (unpaired) electrons. The molecule has 3 heteroatoms. The Kier molecular flexibility index (Phi) is 5.64. The van der Waals surface area contributed by atoms with Crippen molar-refractivity contribution in [3.63, 3.8) is 0 Å². The lowest BCUT2D eigenvalue weighted by Crippen LogP contribution is -2.40. The fraction of sp³-hybridized carbons (Fsp3) is 0.364. The van der Waals surface area contributed by atoms with Gasteiger partial charge in [0, 0.05) is 31.0 Å². The van der Waals surface area contributed by atoms with Crippen molar-refractivity contribution in [2.24, 2.45) is 5.92 Å². The largest absolute Gasteiger partial charge is 0.343 e. The number of likely N-dealkylation sites (tertiary alicyclic amines) is 1. The Labute approximate surface area is 149 Å². The van der Waals surface area contributed by atoms with Crippen LogP contribution in [0.4, 0.5) is 0 Å². The van der Waals surface area contributed by atoms with Crippen LogP contribution < -0.4 is 0 Å². The molecule has 0 N–H and O–H groups in total. The summed E-state index contributed by atoms with van der Waals surface area (Å²) < 4.78 is 0. The zero-order valence-electron chi connectivity index (χ0n) is 14.8. The molecule has 1 aliphatic rings. The van der Waals surface area contributed by atoms with Crippen LogP contribution in [0.25, 0.3) is 0 Å². The molecule has 25 heavy (non-hydrogen) atoms. The monoisotopic (exact) mass is 335 g/mol. The molecule has 1 aliphatic heterocycles. The summed E-state index contributed by atoms with van der Waals surface area (Å²) in [6.45, 7) is 3.45. The molecule has 0 atom stereocenters. The first-order valence-electron chi connectivity index (χ1n) is 9.06. The minimum absolute atomic E-state index is 0.0450. The molecular formula is C22H25NO2. The molecule has 1 amide bonds. The van der Waals surface area contributed by atoms with Crippen molar-refractivity contribution in [3.8, 4) is 0 Å². The number of Topliss-reactive ketones (excluding diaryl/α,β-unsaturated/α-hetero) is 1. The average molecular weight is 335 g/mol. The fourth-order valence-corrected chi connectivity index (χ4v) is 3.39. The summed E-state index contributed by atoms with van der Waals surface area (Å²) >= 11 is 0. The molecule has 0 bridgehead atoms. The molecule has 0 aliphatic carbocycles. The van der Waals surface area contributed by atoms with Crippen molar-refractivity contribution in [1.82, 2.24) is 4.90 Å². The quantitative estimate of drug-likeness (QED) is 0.773. The minimum Gasteiger partial charge on any atom is -0.343 e. The molecule has 0 spiro atoms. The highest BCUT2D eigenvalue weighted by Crippen LogP contribution is 2.22. The van der Waals surface area contributed by atoms with Crippen LogP contribution in [0, 0.1) is 12.8 Å². The topological polar surface area (TPSA) is 37.4 Å². The van der Waals surface area contributed by atoms with E-state index in [-0.39, 0.29) is 17.6 Å². The maximum atomic E-state index is 12.5. The molecule has 0 unspecified atom stereocenters. The van der Waals surface area contributed by atoms with E-state index in [0.29, 0.717) is 19.5 Å². The second kappa shape index (κ2) is 8.11. The second-order valence-electron chi connectivity index (χ2n) is 6.87. The van der Waals surface area contributed by atoms with Gasteiger partial charge < -0.3 is 4.90 Å². The van der Waals surface area contributed by atoms with E-state index in [1.165, 1.54) is 11.1 Å². The highest BCUT2D eigenvalue weighted by molar-refractivity contribution is 5.98. The lowest BCUT2D eigenvalue weighted by Gasteiger charge is -2.31. The van der Waals surface area contributed by atoms with Crippen molar-refractivity contribution >= 4 is 11.7 Å². The first-order chi connectivity index (χ1) is 12.1. The van der Waals surface area contributed by atoms with Gasteiger partial charge in [-0.3, -0.25) is 9.59 Å². The van der Waals surface area contributed by atoms with Gasteiger partial charge >= 0.3 is 0 Å². The smallest absolute Gasteiger partial charge is 0.222 e. The highest BCUT2D eigenvalue weighted by atomic mass is 16.2. The van der Waals surface area contributed by atoms with Crippen LogP contribution >= 0.6 is 0 Å². The molecular weight excluding hydrogens is 310 g/mol. The zero-order valence-corrected chi connectivity index (χ0v) is 14.8. The van der Waals surface area contributed by atoms with Gasteiger partial charge in [0.05, 0.1) is 0 Å². The number of amides is 1. The fourth-order valence-electron chi connectivity index (χ4n) is 3.39. The summed E-state index contributed by atoms with van der Waals surface area (Å²) in [5, 5.41) is 0. The van der Waals surface area contributed by atoms with E-state index in [1.54, 1.807) is 0 Å². The molecule has 2 aromatic rings. The summed E-state index contributed by atoms with van der Waals surface area (Å²) in [6.07, 6.45) is 2.86. The summed E-state index contributed by atoms with van der Waals surface area (Å²) in [5.74, 6) is 0.460. The normalized spacial score (nSPS) is 15.2. The number of benzene rings is 2. The van der Waals surface area contributed by atoms with Crippen LogP contribution in [0.15, 0.2) is 54.6 Å². The van der Waals surface area contributed by atoms with E-state index in [9.17, 15) is 9.59 Å². The molecule has 3 nitrogen and oxygen atoms in total. The van der Waals surface area contributed by atoms with Crippen LogP contribution in [-0.2, 0) is 11.2 Å². The van der Waals surface area contributed by atoms with E-state index >= 15 is 0 Å². The standard InChI is InChI=1S/C22H25NO2/c1-17-7-9-18(10-8-17)11-12-21(24)23-15-13-20(14-16-23)22(25)19-5-3-2-4-6-19/h2-10,20H,11-16H2,1H3. The second-order valence-corrected chi connectivity index (χ2v) is 6.87. The molecule has 1 fully saturated rings. The summed E-state index contributed by atoms with van der Waals surface area (Å²) in [4.78, 5) is 26.9. The Balaban J connectivity index is 1.47. The van der Waals surface area contributed by atoms with Gasteiger partial charge in [0.15, 0.2) is 5.78 Å². The first-order valence-corrected chi connectivity index (χ1v) is 9.06. The van der Waals surface area contributed by atoms with Crippen molar-refractivity contribution < 1.29 is 9.59 Å². The number of hydrogen-bond donors (Lipinski definition) is 0. The number of ketones is 1. The molecule has 0 aromatic heterocycles. The molecule has 1 heterocycles. The Bertz CT molecular complexity index is 713. The highest BCUT2D eigenvalue weighted by Gasteiger charge is 2.27. The van der Waals surface area contributed by atoms with Gasteiger partial charge in [0.25, 0.3) is 0 Å². The van der Waals surface area contributed by atoms with E-state index in [0.717, 1.165) is 24.8 Å². The van der Waals surface area contributed by atoms with Crippen LogP contribution in [0.2, 0.25) is 0 Å². The molecule has 130 valence electrons. The number of carbonyl (C=O) groups is 2. The van der Waals surface area contributed by atoms with Gasteiger partial charge in [-0.05, 0) is 31.7 Å². The summed E-state index contributed by atoms with van der Waals surface area (Å²) in [7, 11) is 0. The van der Waals surface area contributed by atoms with Gasteiger partial charge in [-0.25, -0.2) is 0 Å². The lowest BCUT2D eigenvalue weighted by atomic mass is 9.89. The predicted molar refractivity (Wildman–Crippen MR) is 99.6 cm³/mol. The number of carbonyl (C=O) groups excluding carboxylic acids is 2. The van der Waals surface area contributed by atoms with E-state index in [2.05, 4.69) is 31.2 Å². The predicted octanol–water partition coefficient (Wildman–Crippen LogP) is 4.05. The number of hydrogen-bond acceptors (Lipinski definition) is 2. The minimum atomic E-state index is 0.0450. The third-order valence-corrected chi connectivity index (χ3v) is 5.02. The van der Waals surface area contributed by atoms with Crippen molar-refractivity contribution in [2.75, 3.05) is 13.1 Å². The molecule has 2 aromatic carbocycles. The zero-order chi connectivity index (χ0) is 17.6. The Hall–Kier alpha value is -2.42. The Morgan fingerprint density at radius 1 is 0.960 bits per heavy atom. The molecule has 1 saturated heterocycles. The summed E-state index contributed by atoms with van der Waals surface area (Å²) in [6, 6.07) is 17.8. The van der Waals surface area contributed by atoms with Gasteiger partial charge in [-0.1, -0.05) is 60.2 Å². The van der Waals surface area contributed by atoms with Crippen LogP contribution in [0.5, 0.6) is 0 Å². The molecule has 0 saturated carbocycles. The maximum Gasteiger partial charge on any atom is 0.222 e. The SMILES string of the molecule is Cc1ccc(CCC(=O)N2CCC(C(=O)c3ccccc3)CC2)cc1. The third kappa shape index (κ3) is 4.56. The number of rotatable bonds is 5. The van der Waals surface area contributed by atoms with Crippen molar-refractivity contribution in [3.05, 3.63) is 71.3 Å². The van der Waals surface area contributed by atoms with Crippen molar-refractivity contribution in [2.45, 2.75) is 32.6 Å². The van der Waals surface area contributed by atoms with E-state index in [4.69, 9.17) is 0 Å². The number of piperidine rings is 1.